The van der Waals surface area contributed by atoms with Crippen molar-refractivity contribution in [1.29, 1.82) is 0 Å². The van der Waals surface area contributed by atoms with Gasteiger partial charge in [0.25, 0.3) is 0 Å². The quantitative estimate of drug-likeness (QED) is 0.845. The van der Waals surface area contributed by atoms with Gasteiger partial charge in [-0.05, 0) is 18.1 Å². The molecule has 2 aromatic rings. The fraction of sp³-hybridized carbons (Fsp3) is 0.294. The number of aliphatic hydroxyl groups excluding tert-OH is 1. The van der Waals surface area contributed by atoms with Crippen LogP contribution in [0.2, 0.25) is 19.6 Å². The summed E-state index contributed by atoms with van der Waals surface area (Å²) in [5, 5.41) is 12.0. The van der Waals surface area contributed by atoms with Gasteiger partial charge in [0.15, 0.2) is 0 Å². The third-order valence-corrected chi connectivity index (χ3v) is 5.53. The first-order valence-corrected chi connectivity index (χ1v) is 10.2. The van der Waals surface area contributed by atoms with Gasteiger partial charge in [-0.15, -0.1) is 0 Å². The third kappa shape index (κ3) is 3.14. The minimum Gasteiger partial charge on any atom is -0.384 e. The van der Waals surface area contributed by atoms with Crippen molar-refractivity contribution in [2.75, 3.05) is 0 Å². The largest absolute Gasteiger partial charge is 0.384 e. The first-order valence-electron chi connectivity index (χ1n) is 6.73. The highest BCUT2D eigenvalue weighted by molar-refractivity contribution is 6.89. The lowest BCUT2D eigenvalue weighted by molar-refractivity contribution is 0.221. The maximum atomic E-state index is 10.6. The Balaban J connectivity index is 2.44. The second-order valence-electron chi connectivity index (χ2n) is 6.15. The van der Waals surface area contributed by atoms with Crippen molar-refractivity contribution >= 4 is 13.3 Å². The van der Waals surface area contributed by atoms with Crippen molar-refractivity contribution in [3.63, 3.8) is 0 Å². The molecule has 100 valence electrons. The van der Waals surface area contributed by atoms with Crippen molar-refractivity contribution in [3.05, 3.63) is 65.2 Å². The molecule has 1 atom stereocenters. The molecule has 0 aliphatic heterocycles. The van der Waals surface area contributed by atoms with Gasteiger partial charge in [0.05, 0.1) is 8.07 Å². The molecule has 0 aliphatic carbocycles. The van der Waals surface area contributed by atoms with Crippen LogP contribution >= 0.6 is 0 Å². The van der Waals surface area contributed by atoms with Gasteiger partial charge >= 0.3 is 0 Å². The zero-order chi connectivity index (χ0) is 14.0. The van der Waals surface area contributed by atoms with Crippen LogP contribution in [-0.2, 0) is 0 Å². The number of benzene rings is 2. The highest BCUT2D eigenvalue weighted by atomic mass is 28.3. The monoisotopic (exact) mass is 270 g/mol. The molecule has 0 amide bonds. The van der Waals surface area contributed by atoms with Crippen molar-refractivity contribution in [2.24, 2.45) is 0 Å². The SMILES string of the molecule is Cc1ccc([C@H](O)c2ccccc2[Si](C)(C)C)cc1. The summed E-state index contributed by atoms with van der Waals surface area (Å²) in [7, 11) is -1.44. The summed E-state index contributed by atoms with van der Waals surface area (Å²) in [6, 6.07) is 16.4. The lowest BCUT2D eigenvalue weighted by Crippen LogP contribution is -2.40. The van der Waals surface area contributed by atoms with Gasteiger partial charge < -0.3 is 5.11 Å². The Morgan fingerprint density at radius 2 is 1.47 bits per heavy atom. The second-order valence-corrected chi connectivity index (χ2v) is 11.2. The summed E-state index contributed by atoms with van der Waals surface area (Å²) in [5.41, 5.74) is 3.25. The minimum absolute atomic E-state index is 0.525. The van der Waals surface area contributed by atoms with Gasteiger partial charge in [0.2, 0.25) is 0 Å². The molecule has 1 N–H and O–H groups in total. The predicted octanol–water partition coefficient (Wildman–Crippen LogP) is 3.62. The maximum absolute atomic E-state index is 10.6. The summed E-state index contributed by atoms with van der Waals surface area (Å²) in [6.07, 6.45) is -0.525. The molecule has 19 heavy (non-hydrogen) atoms. The summed E-state index contributed by atoms with van der Waals surface area (Å²) >= 11 is 0. The van der Waals surface area contributed by atoms with E-state index in [9.17, 15) is 5.11 Å². The Morgan fingerprint density at radius 3 is 2.05 bits per heavy atom. The van der Waals surface area contributed by atoms with Crippen LogP contribution in [0.4, 0.5) is 0 Å². The van der Waals surface area contributed by atoms with Gasteiger partial charge in [-0.2, -0.15) is 0 Å². The predicted molar refractivity (Wildman–Crippen MR) is 84.7 cm³/mol. The number of aliphatic hydroxyl groups is 1. The van der Waals surface area contributed by atoms with E-state index in [1.807, 2.05) is 18.2 Å². The van der Waals surface area contributed by atoms with Gasteiger partial charge in [0.1, 0.15) is 6.10 Å². The third-order valence-electron chi connectivity index (χ3n) is 3.46. The number of hydrogen-bond acceptors (Lipinski definition) is 1. The molecular weight excluding hydrogens is 248 g/mol. The fourth-order valence-electron chi connectivity index (χ4n) is 2.35. The standard InChI is InChI=1S/C17H22OSi/c1-13-9-11-14(12-10-13)17(18)15-7-5-6-8-16(15)19(2,3)4/h5-12,17-18H,1-4H3/t17-/m0/s1. The summed E-state index contributed by atoms with van der Waals surface area (Å²) in [6.45, 7) is 9.00. The molecule has 0 unspecified atom stereocenters. The van der Waals surface area contributed by atoms with Crippen LogP contribution in [0.1, 0.15) is 22.8 Å². The van der Waals surface area contributed by atoms with Crippen LogP contribution in [0, 0.1) is 6.92 Å². The molecule has 0 heterocycles. The molecule has 0 fully saturated rings. The van der Waals surface area contributed by atoms with E-state index in [2.05, 4.69) is 56.9 Å². The molecule has 0 bridgehead atoms. The lowest BCUT2D eigenvalue weighted by Gasteiger charge is -2.24. The number of aryl methyl sites for hydroxylation is 1. The Hall–Kier alpha value is -1.38. The molecule has 2 heteroatoms. The second kappa shape index (κ2) is 5.31. The molecule has 2 aromatic carbocycles. The van der Waals surface area contributed by atoms with Crippen molar-refractivity contribution in [2.45, 2.75) is 32.7 Å². The van der Waals surface area contributed by atoms with E-state index in [0.29, 0.717) is 0 Å². The zero-order valence-corrected chi connectivity index (χ0v) is 13.1. The first-order chi connectivity index (χ1) is 8.89. The molecule has 0 aromatic heterocycles. The molecule has 0 aliphatic rings. The Labute approximate surface area is 116 Å². The Kier molecular flexibility index (Phi) is 3.93. The van der Waals surface area contributed by atoms with E-state index in [4.69, 9.17) is 0 Å². The van der Waals surface area contributed by atoms with Gasteiger partial charge in [0, 0.05) is 0 Å². The van der Waals surface area contributed by atoms with Crippen LogP contribution in [0.3, 0.4) is 0 Å². The zero-order valence-electron chi connectivity index (χ0n) is 12.1. The van der Waals surface area contributed by atoms with Crippen molar-refractivity contribution < 1.29 is 5.11 Å². The lowest BCUT2D eigenvalue weighted by atomic mass is 10.0. The normalized spacial score (nSPS) is 13.3. The smallest absolute Gasteiger partial charge is 0.104 e. The molecule has 0 radical (unpaired) electrons. The van der Waals surface area contributed by atoms with Crippen molar-refractivity contribution in [3.8, 4) is 0 Å². The van der Waals surface area contributed by atoms with Gasteiger partial charge in [-0.3, -0.25) is 0 Å². The molecular formula is C17H22OSi. The molecule has 1 nitrogen and oxygen atoms in total. The van der Waals surface area contributed by atoms with Crippen LogP contribution in [0.15, 0.2) is 48.5 Å². The Morgan fingerprint density at radius 1 is 0.895 bits per heavy atom. The average molecular weight is 270 g/mol. The molecule has 0 saturated carbocycles. The highest BCUT2D eigenvalue weighted by Gasteiger charge is 2.23. The highest BCUT2D eigenvalue weighted by Crippen LogP contribution is 2.22. The van der Waals surface area contributed by atoms with Gasteiger partial charge in [-0.1, -0.05) is 78.9 Å². The van der Waals surface area contributed by atoms with Crippen LogP contribution in [0.5, 0.6) is 0 Å². The van der Waals surface area contributed by atoms with E-state index in [1.165, 1.54) is 10.8 Å². The first kappa shape index (κ1) is 14.0. The molecule has 0 saturated heterocycles. The topological polar surface area (TPSA) is 20.2 Å². The summed E-state index contributed by atoms with van der Waals surface area (Å²) in [5.74, 6) is 0. The number of hydrogen-bond donors (Lipinski definition) is 1. The average Bonchev–Trinajstić information content (AvgIpc) is 2.38. The minimum atomic E-state index is -1.44. The Bertz CT molecular complexity index is 552. The van der Waals surface area contributed by atoms with E-state index in [0.717, 1.165) is 11.1 Å². The fourth-order valence-corrected chi connectivity index (χ4v) is 4.03. The maximum Gasteiger partial charge on any atom is 0.104 e. The molecule has 2 rings (SSSR count). The van der Waals surface area contributed by atoms with Crippen LogP contribution in [0.25, 0.3) is 0 Å². The summed E-state index contributed by atoms with van der Waals surface area (Å²) in [4.78, 5) is 0. The summed E-state index contributed by atoms with van der Waals surface area (Å²) < 4.78 is 0. The number of rotatable bonds is 3. The van der Waals surface area contributed by atoms with Crippen molar-refractivity contribution in [1.82, 2.24) is 0 Å². The molecule has 0 spiro atoms. The van der Waals surface area contributed by atoms with E-state index in [1.54, 1.807) is 0 Å². The van der Waals surface area contributed by atoms with Crippen LogP contribution < -0.4 is 5.19 Å². The van der Waals surface area contributed by atoms with Crippen LogP contribution in [-0.4, -0.2) is 13.2 Å². The van der Waals surface area contributed by atoms with E-state index < -0.39 is 14.2 Å². The van der Waals surface area contributed by atoms with E-state index in [-0.39, 0.29) is 0 Å². The van der Waals surface area contributed by atoms with Gasteiger partial charge in [-0.25, -0.2) is 0 Å². The van der Waals surface area contributed by atoms with E-state index >= 15 is 0 Å².